The molecule has 3 amide bonds. The highest BCUT2D eigenvalue weighted by Crippen LogP contribution is 2.88. The lowest BCUT2D eigenvalue weighted by Crippen LogP contribution is -2.55. The third-order valence-corrected chi connectivity index (χ3v) is 20.0. The van der Waals surface area contributed by atoms with Gasteiger partial charge in [0.1, 0.15) is 0 Å². The number of hydrogen-bond acceptors (Lipinski definition) is 8. The highest BCUT2D eigenvalue weighted by atomic mass is 32.2. The van der Waals surface area contributed by atoms with Crippen molar-refractivity contribution in [1.82, 2.24) is 19.8 Å². The number of rotatable bonds is 16. The Bertz CT molecular complexity index is 1780. The molecule has 2 spiro atoms. The summed E-state index contributed by atoms with van der Waals surface area (Å²) >= 11 is 0. The molecule has 6 saturated carbocycles. The van der Waals surface area contributed by atoms with Gasteiger partial charge in [-0.05, 0) is 112 Å². The minimum atomic E-state index is -3.78. The fourth-order valence-electron chi connectivity index (χ4n) is 13.5. The van der Waals surface area contributed by atoms with Gasteiger partial charge < -0.3 is 10.2 Å². The van der Waals surface area contributed by atoms with E-state index in [-0.39, 0.29) is 70.2 Å². The lowest BCUT2D eigenvalue weighted by molar-refractivity contribution is -0.146. The molecule has 2 N–H and O–H groups in total. The summed E-state index contributed by atoms with van der Waals surface area (Å²) in [7, 11) is -3.78. The van der Waals surface area contributed by atoms with Gasteiger partial charge in [-0.3, -0.25) is 33.6 Å². The van der Waals surface area contributed by atoms with E-state index in [1.165, 1.54) is 19.3 Å². The van der Waals surface area contributed by atoms with Crippen LogP contribution in [0, 0.1) is 51.2 Å². The van der Waals surface area contributed by atoms with Gasteiger partial charge in [-0.1, -0.05) is 86.0 Å². The van der Waals surface area contributed by atoms with Crippen LogP contribution in [-0.4, -0.2) is 90.5 Å². The van der Waals surface area contributed by atoms with Crippen molar-refractivity contribution in [2.45, 2.75) is 199 Å². The fourth-order valence-corrected chi connectivity index (χ4v) is 14.8. The smallest absolute Gasteiger partial charge is 0.237 e. The number of ketones is 2. The molecule has 0 radical (unpaired) electrons. The third-order valence-electron chi connectivity index (χ3n) is 18.2. The first-order valence-electron chi connectivity index (χ1n) is 24.3. The first kappa shape index (κ1) is 44.3. The summed E-state index contributed by atoms with van der Waals surface area (Å²) in [5, 5.41) is 2.69. The Morgan fingerprint density at radius 1 is 0.783 bits per heavy atom. The van der Waals surface area contributed by atoms with Crippen molar-refractivity contribution in [3.8, 4) is 0 Å². The van der Waals surface area contributed by atoms with Crippen LogP contribution < -0.4 is 10.0 Å². The van der Waals surface area contributed by atoms with Gasteiger partial charge in [0.25, 0.3) is 0 Å². The number of nitrogens with zero attached hydrogens (tertiary/aromatic N) is 2. The maximum Gasteiger partial charge on any atom is 0.237 e. The molecule has 2 aliphatic heterocycles. The fraction of sp³-hybridized carbons (Fsp3) is 0.896. The van der Waals surface area contributed by atoms with E-state index >= 15 is 4.79 Å². The maximum absolute atomic E-state index is 15.5. The zero-order valence-electron chi connectivity index (χ0n) is 37.5. The quantitative estimate of drug-likeness (QED) is 0.167. The van der Waals surface area contributed by atoms with Crippen LogP contribution >= 0.6 is 0 Å². The molecule has 6 aliphatic carbocycles. The van der Waals surface area contributed by atoms with Crippen LogP contribution in [0.5, 0.6) is 0 Å². The normalized spacial score (nSPS) is 31.1. The summed E-state index contributed by atoms with van der Waals surface area (Å²) in [6, 6.07) is -0.903. The van der Waals surface area contributed by atoms with E-state index in [2.05, 4.69) is 28.8 Å². The Morgan fingerprint density at radius 3 is 2.02 bits per heavy atom. The van der Waals surface area contributed by atoms with Gasteiger partial charge in [-0.15, -0.1) is 0 Å². The van der Waals surface area contributed by atoms with Crippen LogP contribution in [-0.2, 0) is 34.0 Å². The van der Waals surface area contributed by atoms with Crippen molar-refractivity contribution in [1.29, 1.82) is 0 Å². The van der Waals surface area contributed by atoms with Gasteiger partial charge in [-0.25, -0.2) is 8.42 Å². The number of sulfonamides is 1. The Hall–Kier alpha value is -2.34. The molecular weight excluding hydrogens is 777 g/mol. The van der Waals surface area contributed by atoms with E-state index < -0.39 is 50.5 Å². The van der Waals surface area contributed by atoms with Crippen LogP contribution in [0.1, 0.15) is 176 Å². The molecule has 0 aromatic rings. The van der Waals surface area contributed by atoms with Crippen LogP contribution in [0.15, 0.2) is 0 Å². The molecule has 2 saturated heterocycles. The predicted molar refractivity (Wildman–Crippen MR) is 231 cm³/mol. The summed E-state index contributed by atoms with van der Waals surface area (Å²) in [4.78, 5) is 77.3. The van der Waals surface area contributed by atoms with Crippen LogP contribution in [0.2, 0.25) is 0 Å². The molecule has 60 heavy (non-hydrogen) atoms. The van der Waals surface area contributed by atoms with Crippen molar-refractivity contribution in [2.24, 2.45) is 51.2 Å². The second-order valence-electron chi connectivity index (χ2n) is 22.8. The van der Waals surface area contributed by atoms with Crippen LogP contribution in [0.3, 0.4) is 0 Å². The Labute approximate surface area is 360 Å². The number of Topliss-reactive ketones (excluding diaryl/α,β-unsaturated/α-hetero) is 2. The monoisotopic (exact) mass is 853 g/mol. The number of nitrogens with one attached hydrogen (secondary N) is 2. The van der Waals surface area contributed by atoms with Crippen LogP contribution in [0.25, 0.3) is 0 Å². The second kappa shape index (κ2) is 16.7. The molecule has 0 aromatic heterocycles. The molecule has 12 heteroatoms. The van der Waals surface area contributed by atoms with Gasteiger partial charge in [0.05, 0.1) is 23.3 Å². The molecule has 0 aromatic carbocycles. The highest BCUT2D eigenvalue weighted by Gasteiger charge is 2.85. The summed E-state index contributed by atoms with van der Waals surface area (Å²) in [6.07, 6.45) is 18.5. The minimum absolute atomic E-state index is 0.00264. The first-order chi connectivity index (χ1) is 28.4. The number of amides is 3. The zero-order valence-corrected chi connectivity index (χ0v) is 38.4. The molecule has 2 heterocycles. The molecule has 11 nitrogen and oxygen atoms in total. The molecular formula is C48H76N4O7S. The van der Waals surface area contributed by atoms with Gasteiger partial charge in [0.2, 0.25) is 27.7 Å². The third kappa shape index (κ3) is 8.17. The molecule has 0 unspecified atom stereocenters. The van der Waals surface area contributed by atoms with Crippen molar-refractivity contribution in [3.05, 3.63) is 0 Å². The standard InChI is InChI=1S/C48H76N4O7S/c1-45(2,3)41(49-42(55)33-17-11-24-51(29-33)35-18-10-19-35)40(54)27-37(32-15-7-6-8-16-32)44(57)52-30-48(46(4,5)47(48)22-12-23-47)28-38(52)39(53)26-34(25-31-13-9-14-31)43(56)50-60(58,59)36-20-21-36/h31-38,41H,6-30H2,1-5H3,(H,49,55)(H,50,56)/t33-,34-,37+,38+,41-,48-/m1/s1. The first-order valence-corrected chi connectivity index (χ1v) is 25.9. The van der Waals surface area contributed by atoms with Crippen molar-refractivity contribution in [3.63, 3.8) is 0 Å². The second-order valence-corrected chi connectivity index (χ2v) is 24.8. The molecule has 8 aliphatic rings. The molecule has 336 valence electrons. The van der Waals surface area contributed by atoms with Crippen molar-refractivity contribution >= 4 is 39.3 Å². The van der Waals surface area contributed by atoms with E-state index in [9.17, 15) is 27.6 Å². The lowest BCUT2D eigenvalue weighted by atomic mass is 9.73. The zero-order chi connectivity index (χ0) is 42.8. The van der Waals surface area contributed by atoms with E-state index in [1.54, 1.807) is 0 Å². The molecule has 8 fully saturated rings. The van der Waals surface area contributed by atoms with Crippen molar-refractivity contribution in [2.75, 3.05) is 19.6 Å². The molecule has 8 rings (SSSR count). The highest BCUT2D eigenvalue weighted by molar-refractivity contribution is 7.90. The van der Waals surface area contributed by atoms with Gasteiger partial charge in [0.15, 0.2) is 11.6 Å². The average Bonchev–Trinajstić information content (AvgIpc) is 4.01. The van der Waals surface area contributed by atoms with Crippen LogP contribution in [0.4, 0.5) is 0 Å². The number of piperidine rings is 1. The Kier molecular flexibility index (Phi) is 12.3. The van der Waals surface area contributed by atoms with Gasteiger partial charge in [0, 0.05) is 49.2 Å². The lowest BCUT2D eigenvalue weighted by Gasteiger charge is -2.42. The van der Waals surface area contributed by atoms with E-state index in [0.717, 1.165) is 96.6 Å². The SMILES string of the molecule is CC(C)(C)[C@H](NC(=O)[C@@H]1CCCN(C2CCC2)C1)C(=O)C[C@H](C(=O)N1C[C@]2(C[C@H]1C(=O)C[C@@H](CC1CCC1)C(=O)NS(=O)(=O)C1CC1)C(C)(C)C21CCC1)C1CCCCC1. The van der Waals surface area contributed by atoms with Crippen molar-refractivity contribution < 1.29 is 32.4 Å². The summed E-state index contributed by atoms with van der Waals surface area (Å²) < 4.78 is 28.2. The predicted octanol–water partition coefficient (Wildman–Crippen LogP) is 7.11. The van der Waals surface area contributed by atoms with E-state index in [0.29, 0.717) is 38.3 Å². The van der Waals surface area contributed by atoms with Gasteiger partial charge in [-0.2, -0.15) is 0 Å². The topological polar surface area (TPSA) is 150 Å². The summed E-state index contributed by atoms with van der Waals surface area (Å²) in [5.41, 5.74) is -0.771. The number of fused-ring (bicyclic) bond motifs is 1. The summed E-state index contributed by atoms with van der Waals surface area (Å²) in [6.45, 7) is 12.8. The number of carbonyl (C=O) groups is 5. The molecule has 6 atom stereocenters. The summed E-state index contributed by atoms with van der Waals surface area (Å²) in [5.74, 6) is -2.29. The maximum atomic E-state index is 15.5. The number of likely N-dealkylation sites (tertiary alicyclic amines) is 2. The Balaban J connectivity index is 1.04. The van der Waals surface area contributed by atoms with E-state index in [4.69, 9.17) is 0 Å². The van der Waals surface area contributed by atoms with Gasteiger partial charge >= 0.3 is 0 Å². The van der Waals surface area contributed by atoms with E-state index in [1.807, 2.05) is 25.7 Å². The Morgan fingerprint density at radius 2 is 1.47 bits per heavy atom. The number of carbonyl (C=O) groups excluding carboxylic acids is 5. The largest absolute Gasteiger partial charge is 0.345 e. The molecule has 0 bridgehead atoms. The average molecular weight is 853 g/mol. The minimum Gasteiger partial charge on any atom is -0.345 e. The number of hydrogen-bond donors (Lipinski definition) is 2.